The van der Waals surface area contributed by atoms with Crippen molar-refractivity contribution >= 4 is 51.1 Å². The Morgan fingerprint density at radius 2 is 1.81 bits per heavy atom. The van der Waals surface area contributed by atoms with Crippen LogP contribution in [0.15, 0.2) is 91.2 Å². The zero-order chi connectivity index (χ0) is 30.1. The molecule has 0 saturated heterocycles. The van der Waals surface area contributed by atoms with Crippen LogP contribution in [0.2, 0.25) is 0 Å². The Labute approximate surface area is 264 Å². The van der Waals surface area contributed by atoms with Crippen LogP contribution in [0.5, 0.6) is 11.5 Å². The van der Waals surface area contributed by atoms with Gasteiger partial charge in [0.05, 0.1) is 48.0 Å². The molecule has 3 heterocycles. The normalized spacial score (nSPS) is 15.8. The molecule has 0 fully saturated rings. The highest BCUT2D eigenvalue weighted by molar-refractivity contribution is 9.10. The quantitative estimate of drug-likeness (QED) is 0.160. The number of hydrazone groups is 1. The second-order valence-electron chi connectivity index (χ2n) is 9.80. The first-order valence-electron chi connectivity index (χ1n) is 13.4. The summed E-state index contributed by atoms with van der Waals surface area (Å²) in [6.07, 6.45) is 1.18. The van der Waals surface area contributed by atoms with E-state index in [4.69, 9.17) is 19.6 Å². The van der Waals surface area contributed by atoms with Gasteiger partial charge in [-0.05, 0) is 59.7 Å². The van der Waals surface area contributed by atoms with Crippen molar-refractivity contribution in [1.82, 2.24) is 14.6 Å². The second kappa shape index (κ2) is 12.6. The fraction of sp³-hybridized carbons (Fsp3) is 0.226. The first kappa shape index (κ1) is 29.5. The summed E-state index contributed by atoms with van der Waals surface area (Å²) in [5.41, 5.74) is 3.55. The van der Waals surface area contributed by atoms with E-state index in [1.165, 1.54) is 45.2 Å². The molecule has 2 aliphatic heterocycles. The molecule has 0 aliphatic carbocycles. The molecule has 1 atom stereocenters. The van der Waals surface area contributed by atoms with Crippen LogP contribution in [0.25, 0.3) is 5.69 Å². The second-order valence-corrected chi connectivity index (χ2v) is 12.8. The number of aryl methyl sites for hydroxylation is 1. The first-order valence-corrected chi connectivity index (χ1v) is 16.2. The largest absolute Gasteiger partial charge is 0.493 e. The van der Waals surface area contributed by atoms with Crippen LogP contribution >= 0.6 is 39.5 Å². The van der Waals surface area contributed by atoms with Crippen LogP contribution in [0.1, 0.15) is 29.3 Å². The molecule has 6 rings (SSSR count). The Kier molecular flexibility index (Phi) is 8.60. The fourth-order valence-electron chi connectivity index (χ4n) is 5.08. The van der Waals surface area contributed by atoms with Gasteiger partial charge >= 0.3 is 0 Å². The number of aromatic nitrogens is 2. The maximum Gasteiger partial charge on any atom is 0.272 e. The average Bonchev–Trinajstić information content (AvgIpc) is 3.69. The molecule has 0 spiro atoms. The van der Waals surface area contributed by atoms with Crippen molar-refractivity contribution in [3.8, 4) is 17.2 Å². The third kappa shape index (κ3) is 5.96. The van der Waals surface area contributed by atoms with Crippen molar-refractivity contribution in [2.24, 2.45) is 5.10 Å². The summed E-state index contributed by atoms with van der Waals surface area (Å²) in [6.45, 7) is 0. The number of benzene rings is 3. The molecule has 0 radical (unpaired) electrons. The van der Waals surface area contributed by atoms with E-state index in [2.05, 4.69) is 15.9 Å². The summed E-state index contributed by atoms with van der Waals surface area (Å²) in [5, 5.41) is 6.68. The smallest absolute Gasteiger partial charge is 0.272 e. The van der Waals surface area contributed by atoms with E-state index in [0.29, 0.717) is 40.1 Å². The van der Waals surface area contributed by atoms with E-state index in [1.807, 2.05) is 42.5 Å². The summed E-state index contributed by atoms with van der Waals surface area (Å²) in [7, 11) is 3.15. The molecule has 4 aromatic rings. The SMILES string of the molecule is COc1ccc(C2CC(c3ccc(Br)cc3)=NN2C(=O)CSc2nc3c(c(=O)n2-c2ccc(F)cc2)SCC3)cc1OC. The number of carbonyl (C=O) groups excluding carboxylic acids is 1. The van der Waals surface area contributed by atoms with Gasteiger partial charge in [0, 0.05) is 23.1 Å². The lowest BCUT2D eigenvalue weighted by atomic mass is 9.98. The molecule has 43 heavy (non-hydrogen) atoms. The van der Waals surface area contributed by atoms with E-state index in [1.54, 1.807) is 26.4 Å². The van der Waals surface area contributed by atoms with Gasteiger partial charge in [-0.1, -0.05) is 45.9 Å². The van der Waals surface area contributed by atoms with Crippen molar-refractivity contribution in [3.05, 3.63) is 104 Å². The standard InChI is InChI=1S/C31H26BrFN4O4S2/c1-40-26-12-5-19(15-27(26)41-2)25-16-24(18-3-6-20(32)7-4-18)35-37(25)28(38)17-43-31-34-23-13-14-42-29(23)30(39)36(31)22-10-8-21(33)9-11-22/h3-12,15,25H,13-14,16-17H2,1-2H3. The Morgan fingerprint density at radius 1 is 1.07 bits per heavy atom. The topological polar surface area (TPSA) is 86.0 Å². The predicted octanol–water partition coefficient (Wildman–Crippen LogP) is 6.27. The number of ether oxygens (including phenoxy) is 2. The highest BCUT2D eigenvalue weighted by Gasteiger charge is 2.34. The summed E-state index contributed by atoms with van der Waals surface area (Å²) >= 11 is 6.11. The zero-order valence-electron chi connectivity index (χ0n) is 23.3. The molecule has 220 valence electrons. The van der Waals surface area contributed by atoms with E-state index >= 15 is 0 Å². The van der Waals surface area contributed by atoms with Crippen molar-refractivity contribution in [2.75, 3.05) is 25.7 Å². The number of methoxy groups -OCH3 is 2. The highest BCUT2D eigenvalue weighted by Crippen LogP contribution is 2.38. The van der Waals surface area contributed by atoms with Gasteiger partial charge in [-0.25, -0.2) is 14.4 Å². The monoisotopic (exact) mass is 680 g/mol. The maximum atomic E-state index is 13.9. The number of amides is 1. The van der Waals surface area contributed by atoms with Gasteiger partial charge in [-0.3, -0.25) is 14.2 Å². The lowest BCUT2D eigenvalue weighted by molar-refractivity contribution is -0.130. The Morgan fingerprint density at radius 3 is 2.53 bits per heavy atom. The molecule has 8 nitrogen and oxygen atoms in total. The Balaban J connectivity index is 1.33. The third-order valence-corrected chi connectivity index (χ3v) is 9.77. The number of carbonyl (C=O) groups is 1. The Hall–Kier alpha value is -3.61. The van der Waals surface area contributed by atoms with Crippen molar-refractivity contribution in [3.63, 3.8) is 0 Å². The predicted molar refractivity (Wildman–Crippen MR) is 169 cm³/mol. The van der Waals surface area contributed by atoms with E-state index < -0.39 is 5.82 Å². The molecule has 1 unspecified atom stereocenters. The van der Waals surface area contributed by atoms with Crippen LogP contribution in [-0.4, -0.2) is 51.9 Å². The number of thioether (sulfide) groups is 2. The number of fused-ring (bicyclic) bond motifs is 1. The third-order valence-electron chi connectivity index (χ3n) is 7.21. The molecule has 0 saturated carbocycles. The Bertz CT molecular complexity index is 1780. The van der Waals surface area contributed by atoms with Gasteiger partial charge in [-0.2, -0.15) is 5.10 Å². The van der Waals surface area contributed by atoms with Gasteiger partial charge < -0.3 is 9.47 Å². The molecule has 0 bridgehead atoms. The summed E-state index contributed by atoms with van der Waals surface area (Å²) in [4.78, 5) is 32.7. The lowest BCUT2D eigenvalue weighted by Crippen LogP contribution is -2.29. The summed E-state index contributed by atoms with van der Waals surface area (Å²) in [6, 6.07) is 18.7. The van der Waals surface area contributed by atoms with Gasteiger partial charge in [0.2, 0.25) is 0 Å². The molecule has 12 heteroatoms. The fourth-order valence-corrected chi connectivity index (χ4v) is 7.25. The van der Waals surface area contributed by atoms with Crippen molar-refractivity contribution < 1.29 is 18.7 Å². The van der Waals surface area contributed by atoms with E-state index in [0.717, 1.165) is 32.8 Å². The lowest BCUT2D eigenvalue weighted by Gasteiger charge is -2.23. The van der Waals surface area contributed by atoms with Crippen LogP contribution in [-0.2, 0) is 11.2 Å². The van der Waals surface area contributed by atoms with Crippen LogP contribution in [0.4, 0.5) is 4.39 Å². The van der Waals surface area contributed by atoms with Gasteiger partial charge in [-0.15, -0.1) is 11.8 Å². The average molecular weight is 682 g/mol. The van der Waals surface area contributed by atoms with Crippen LogP contribution in [0.3, 0.4) is 0 Å². The number of halogens is 2. The van der Waals surface area contributed by atoms with Crippen LogP contribution in [0, 0.1) is 5.82 Å². The molecule has 2 aliphatic rings. The molecule has 1 aromatic heterocycles. The van der Waals surface area contributed by atoms with Crippen molar-refractivity contribution in [2.45, 2.75) is 28.9 Å². The number of nitrogens with zero attached hydrogens (tertiary/aromatic N) is 4. The maximum absolute atomic E-state index is 13.9. The number of hydrogen-bond donors (Lipinski definition) is 0. The van der Waals surface area contributed by atoms with Gasteiger partial charge in [0.15, 0.2) is 16.7 Å². The minimum atomic E-state index is -0.403. The molecular weight excluding hydrogens is 655 g/mol. The minimum absolute atomic E-state index is 0.0134. The molecular formula is C31H26BrFN4O4S2. The summed E-state index contributed by atoms with van der Waals surface area (Å²) in [5.74, 6) is 1.25. The van der Waals surface area contributed by atoms with Crippen LogP contribution < -0.4 is 15.0 Å². The molecule has 1 amide bonds. The van der Waals surface area contributed by atoms with E-state index in [-0.39, 0.29) is 23.3 Å². The molecule has 0 N–H and O–H groups in total. The zero-order valence-corrected chi connectivity index (χ0v) is 26.5. The summed E-state index contributed by atoms with van der Waals surface area (Å²) < 4.78 is 27.1. The van der Waals surface area contributed by atoms with E-state index in [9.17, 15) is 14.0 Å². The minimum Gasteiger partial charge on any atom is -0.493 e. The van der Waals surface area contributed by atoms with Gasteiger partial charge in [0.1, 0.15) is 5.82 Å². The first-order chi connectivity index (χ1) is 20.9. The number of rotatable bonds is 8. The number of hydrogen-bond acceptors (Lipinski definition) is 8. The van der Waals surface area contributed by atoms with Crippen molar-refractivity contribution in [1.29, 1.82) is 0 Å². The highest BCUT2D eigenvalue weighted by atomic mass is 79.9. The molecule has 3 aromatic carbocycles. The van der Waals surface area contributed by atoms with Gasteiger partial charge in [0.25, 0.3) is 11.5 Å².